The lowest BCUT2D eigenvalue weighted by molar-refractivity contribution is -0.151. The Morgan fingerprint density at radius 2 is 1.85 bits per heavy atom. The summed E-state index contributed by atoms with van der Waals surface area (Å²) in [5, 5.41) is 4.97. The fraction of sp³-hybridized carbons (Fsp3) is 0.526. The van der Waals surface area contributed by atoms with E-state index in [-0.39, 0.29) is 11.8 Å². The van der Waals surface area contributed by atoms with Crippen LogP contribution in [-0.2, 0) is 14.3 Å². The molecule has 1 aliphatic rings. The van der Waals surface area contributed by atoms with Gasteiger partial charge in [0.05, 0.1) is 12.4 Å². The number of nitrogens with one attached hydrogen (secondary N) is 2. The lowest BCUT2D eigenvalue weighted by Gasteiger charge is -2.15. The predicted octanol–water partition coefficient (Wildman–Crippen LogP) is 2.88. The zero-order valence-corrected chi connectivity index (χ0v) is 16.5. The number of hydrogen-bond donors (Lipinski definition) is 2. The van der Waals surface area contributed by atoms with Crippen LogP contribution in [0.2, 0.25) is 0 Å². The lowest BCUT2D eigenvalue weighted by atomic mass is 10.2. The van der Waals surface area contributed by atoms with Gasteiger partial charge in [-0.2, -0.15) is 0 Å². The van der Waals surface area contributed by atoms with Gasteiger partial charge in [-0.05, 0) is 51.0 Å². The van der Waals surface area contributed by atoms with Gasteiger partial charge in [0.15, 0.2) is 6.10 Å². The van der Waals surface area contributed by atoms with E-state index in [1.807, 2.05) is 31.2 Å². The molecule has 2 rings (SSSR count). The summed E-state index contributed by atoms with van der Waals surface area (Å²) < 4.78 is 10.5. The third-order valence-corrected chi connectivity index (χ3v) is 5.08. The van der Waals surface area contributed by atoms with E-state index in [9.17, 15) is 14.4 Å². The second kappa shape index (κ2) is 10.8. The highest BCUT2D eigenvalue weighted by Crippen LogP contribution is 2.21. The number of ether oxygens (including phenoxy) is 2. The van der Waals surface area contributed by atoms with Crippen molar-refractivity contribution in [2.75, 3.05) is 12.4 Å². The summed E-state index contributed by atoms with van der Waals surface area (Å²) in [6.07, 6.45) is 2.98. The second-order valence-corrected chi connectivity index (χ2v) is 7.32. The van der Waals surface area contributed by atoms with Crippen molar-refractivity contribution in [2.24, 2.45) is 0 Å². The number of carbonyl (C=O) groups is 3. The molecule has 0 saturated heterocycles. The molecule has 0 bridgehead atoms. The van der Waals surface area contributed by atoms with Crippen LogP contribution in [0.5, 0.6) is 5.75 Å². The van der Waals surface area contributed by atoms with Gasteiger partial charge in [0.1, 0.15) is 5.75 Å². The van der Waals surface area contributed by atoms with Crippen LogP contribution in [0.15, 0.2) is 29.2 Å². The van der Waals surface area contributed by atoms with Crippen molar-refractivity contribution in [3.05, 3.63) is 24.3 Å². The molecule has 1 aliphatic carbocycles. The van der Waals surface area contributed by atoms with E-state index in [1.54, 1.807) is 0 Å². The van der Waals surface area contributed by atoms with Crippen molar-refractivity contribution in [3.8, 4) is 5.75 Å². The predicted molar refractivity (Wildman–Crippen MR) is 103 cm³/mol. The summed E-state index contributed by atoms with van der Waals surface area (Å²) in [4.78, 5) is 36.6. The normalized spacial score (nSPS) is 15.0. The number of esters is 1. The van der Waals surface area contributed by atoms with E-state index in [4.69, 9.17) is 9.47 Å². The summed E-state index contributed by atoms with van der Waals surface area (Å²) in [7, 11) is 0. The summed E-state index contributed by atoms with van der Waals surface area (Å²) >= 11 is 1.30. The van der Waals surface area contributed by atoms with Crippen LogP contribution in [0.1, 0.15) is 39.5 Å². The molecule has 2 N–H and O–H groups in total. The van der Waals surface area contributed by atoms with Gasteiger partial charge in [-0.1, -0.05) is 12.8 Å². The molecule has 148 valence electrons. The van der Waals surface area contributed by atoms with Gasteiger partial charge in [-0.15, -0.1) is 11.8 Å². The first-order valence-electron chi connectivity index (χ1n) is 9.14. The van der Waals surface area contributed by atoms with Gasteiger partial charge >= 0.3 is 12.0 Å². The number of urea groups is 1. The molecule has 27 heavy (non-hydrogen) atoms. The minimum atomic E-state index is -1.03. The highest BCUT2D eigenvalue weighted by Gasteiger charge is 2.22. The van der Waals surface area contributed by atoms with E-state index in [0.717, 1.165) is 36.3 Å². The number of carbonyl (C=O) groups excluding carboxylic acids is 3. The minimum absolute atomic E-state index is 0.0693. The standard InChI is InChI=1S/C19H26N2O5S/c1-3-25-15-8-10-16(11-9-15)27-12-17(22)26-13(2)18(23)21-19(24)20-14-6-4-5-7-14/h8-11,13-14H,3-7,12H2,1-2H3,(H2,20,21,23,24)/t13-/m1/s1. The first-order chi connectivity index (χ1) is 13.0. The summed E-state index contributed by atoms with van der Waals surface area (Å²) in [6, 6.07) is 6.94. The third kappa shape index (κ3) is 7.50. The van der Waals surface area contributed by atoms with Crippen molar-refractivity contribution in [1.82, 2.24) is 10.6 Å². The van der Waals surface area contributed by atoms with Crippen LogP contribution < -0.4 is 15.4 Å². The zero-order valence-electron chi connectivity index (χ0n) is 15.7. The lowest BCUT2D eigenvalue weighted by Crippen LogP contribution is -2.47. The average Bonchev–Trinajstić information content (AvgIpc) is 3.14. The van der Waals surface area contributed by atoms with Crippen molar-refractivity contribution >= 4 is 29.7 Å². The Hall–Kier alpha value is -2.22. The molecule has 1 atom stereocenters. The maximum Gasteiger partial charge on any atom is 0.321 e. The monoisotopic (exact) mass is 394 g/mol. The molecule has 0 aromatic heterocycles. The molecule has 8 heteroatoms. The fourth-order valence-electron chi connectivity index (χ4n) is 2.73. The van der Waals surface area contributed by atoms with E-state index in [2.05, 4.69) is 10.6 Å². The summed E-state index contributed by atoms with van der Waals surface area (Å²) in [5.74, 6) is -0.317. The van der Waals surface area contributed by atoms with Crippen LogP contribution in [0.4, 0.5) is 4.79 Å². The Morgan fingerprint density at radius 1 is 1.19 bits per heavy atom. The molecular weight excluding hydrogens is 368 g/mol. The number of hydrogen-bond acceptors (Lipinski definition) is 6. The van der Waals surface area contributed by atoms with Crippen molar-refractivity contribution in [1.29, 1.82) is 0 Å². The first kappa shape index (κ1) is 21.1. The number of amides is 3. The zero-order chi connectivity index (χ0) is 19.6. The molecule has 0 heterocycles. The second-order valence-electron chi connectivity index (χ2n) is 6.27. The Morgan fingerprint density at radius 3 is 2.48 bits per heavy atom. The first-order valence-corrected chi connectivity index (χ1v) is 10.1. The number of benzene rings is 1. The van der Waals surface area contributed by atoms with Gasteiger partial charge in [-0.25, -0.2) is 4.79 Å². The Balaban J connectivity index is 1.68. The largest absolute Gasteiger partial charge is 0.494 e. The minimum Gasteiger partial charge on any atom is -0.494 e. The van der Waals surface area contributed by atoms with Gasteiger partial charge in [0, 0.05) is 10.9 Å². The van der Waals surface area contributed by atoms with Crippen molar-refractivity contribution < 1.29 is 23.9 Å². The van der Waals surface area contributed by atoms with E-state index >= 15 is 0 Å². The molecule has 0 unspecified atom stereocenters. The van der Waals surface area contributed by atoms with Crippen LogP contribution in [0, 0.1) is 0 Å². The van der Waals surface area contributed by atoms with Crippen LogP contribution in [0.3, 0.4) is 0 Å². The van der Waals surface area contributed by atoms with Gasteiger partial charge in [-0.3, -0.25) is 14.9 Å². The van der Waals surface area contributed by atoms with E-state index < -0.39 is 24.0 Å². The SMILES string of the molecule is CCOc1ccc(SCC(=O)O[C@H](C)C(=O)NC(=O)NC2CCCC2)cc1. The van der Waals surface area contributed by atoms with Gasteiger partial charge in [0.2, 0.25) is 0 Å². The molecule has 1 fully saturated rings. The number of thioether (sulfide) groups is 1. The van der Waals surface area contributed by atoms with Gasteiger partial charge < -0.3 is 14.8 Å². The van der Waals surface area contributed by atoms with E-state index in [1.165, 1.54) is 18.7 Å². The molecule has 3 amide bonds. The van der Waals surface area contributed by atoms with Crippen LogP contribution in [0.25, 0.3) is 0 Å². The topological polar surface area (TPSA) is 93.7 Å². The van der Waals surface area contributed by atoms with Crippen molar-refractivity contribution in [3.63, 3.8) is 0 Å². The molecule has 0 spiro atoms. The Kier molecular flexibility index (Phi) is 8.44. The highest BCUT2D eigenvalue weighted by atomic mass is 32.2. The molecular formula is C19H26N2O5S. The number of imide groups is 1. The average molecular weight is 394 g/mol. The fourth-order valence-corrected chi connectivity index (χ4v) is 3.41. The summed E-state index contributed by atoms with van der Waals surface area (Å²) in [5.41, 5.74) is 0. The molecule has 0 radical (unpaired) electrons. The third-order valence-electron chi connectivity index (χ3n) is 4.10. The van der Waals surface area contributed by atoms with Crippen LogP contribution in [-0.4, -0.2) is 42.4 Å². The number of rotatable bonds is 8. The molecule has 7 nitrogen and oxygen atoms in total. The maximum absolute atomic E-state index is 12.0. The maximum atomic E-state index is 12.0. The highest BCUT2D eigenvalue weighted by molar-refractivity contribution is 8.00. The van der Waals surface area contributed by atoms with Gasteiger partial charge in [0.25, 0.3) is 5.91 Å². The van der Waals surface area contributed by atoms with Crippen LogP contribution >= 0.6 is 11.8 Å². The van der Waals surface area contributed by atoms with Crippen molar-refractivity contribution in [2.45, 2.75) is 56.6 Å². The summed E-state index contributed by atoms with van der Waals surface area (Å²) in [6.45, 7) is 3.95. The Bertz CT molecular complexity index is 644. The Labute approximate surface area is 163 Å². The smallest absolute Gasteiger partial charge is 0.321 e. The van der Waals surface area contributed by atoms with E-state index in [0.29, 0.717) is 6.61 Å². The molecule has 1 saturated carbocycles. The molecule has 0 aliphatic heterocycles. The quantitative estimate of drug-likeness (QED) is 0.520. The molecule has 1 aromatic rings. The molecule has 1 aromatic carbocycles.